The summed E-state index contributed by atoms with van der Waals surface area (Å²) in [5, 5.41) is 14.0. The highest BCUT2D eigenvalue weighted by Gasteiger charge is 2.15. The molecule has 0 aliphatic rings. The van der Waals surface area contributed by atoms with Gasteiger partial charge in [0.1, 0.15) is 6.61 Å². The first-order chi connectivity index (χ1) is 20.1. The van der Waals surface area contributed by atoms with E-state index in [-0.39, 0.29) is 5.91 Å². The number of ether oxygens (including phenoxy) is 2. The fourth-order valence-corrected chi connectivity index (χ4v) is 5.02. The molecule has 5 rings (SSSR count). The number of fused-ring (bicyclic) bond motifs is 1. The van der Waals surface area contributed by atoms with Crippen LogP contribution in [0.4, 0.5) is 0 Å². The van der Waals surface area contributed by atoms with E-state index in [9.17, 15) is 4.79 Å². The zero-order chi connectivity index (χ0) is 28.6. The minimum Gasteiger partial charge on any atom is -0.490 e. The zero-order valence-corrected chi connectivity index (χ0v) is 24.3. The lowest BCUT2D eigenvalue weighted by Gasteiger charge is -2.15. The van der Waals surface area contributed by atoms with Gasteiger partial charge in [-0.05, 0) is 77.0 Å². The molecule has 0 unspecified atom stereocenters. The number of pyridine rings is 1. The molecule has 202 valence electrons. The van der Waals surface area contributed by atoms with Gasteiger partial charge < -0.3 is 9.47 Å². The molecule has 0 radical (unpaired) electrons. The summed E-state index contributed by atoms with van der Waals surface area (Å²) in [6.07, 6.45) is 1.58. The Bertz CT molecular complexity index is 1760. The zero-order valence-electron chi connectivity index (χ0n) is 22.2. The lowest BCUT2D eigenvalue weighted by Crippen LogP contribution is -2.18. The van der Waals surface area contributed by atoms with Gasteiger partial charge in [-0.2, -0.15) is 10.4 Å². The molecule has 1 amide bonds. The summed E-state index contributed by atoms with van der Waals surface area (Å²) in [6, 6.07) is 32.2. The topological polar surface area (TPSA) is 96.6 Å². The number of hydrogen-bond acceptors (Lipinski definition) is 6. The van der Waals surface area contributed by atoms with Gasteiger partial charge in [0.05, 0.1) is 44.8 Å². The van der Waals surface area contributed by atoms with Gasteiger partial charge in [-0.25, -0.2) is 10.4 Å². The van der Waals surface area contributed by atoms with E-state index in [4.69, 9.17) is 19.7 Å². The van der Waals surface area contributed by atoms with Crippen LogP contribution in [0.1, 0.15) is 34.0 Å². The van der Waals surface area contributed by atoms with Gasteiger partial charge in [0.15, 0.2) is 11.5 Å². The summed E-state index contributed by atoms with van der Waals surface area (Å²) in [5.41, 5.74) is 7.81. The van der Waals surface area contributed by atoms with Crippen molar-refractivity contribution in [2.75, 3.05) is 6.61 Å². The van der Waals surface area contributed by atoms with Gasteiger partial charge in [0.25, 0.3) is 5.91 Å². The second kappa shape index (κ2) is 13.1. The van der Waals surface area contributed by atoms with E-state index in [1.54, 1.807) is 24.4 Å². The largest absolute Gasteiger partial charge is 0.490 e. The van der Waals surface area contributed by atoms with E-state index in [0.29, 0.717) is 41.5 Å². The number of halogens is 1. The molecule has 0 bridgehead atoms. The average molecular weight is 652 g/mol. The molecule has 5 aromatic rings. The minimum atomic E-state index is -0.334. The average Bonchev–Trinajstić information content (AvgIpc) is 3.01. The molecule has 0 saturated carbocycles. The molecule has 0 saturated heterocycles. The predicted molar refractivity (Wildman–Crippen MR) is 168 cm³/mol. The Hall–Kier alpha value is -4.75. The number of nitrogens with zero attached hydrogens (tertiary/aromatic N) is 3. The Kier molecular flexibility index (Phi) is 8.86. The maximum atomic E-state index is 13.3. The number of hydrogen-bond donors (Lipinski definition) is 1. The normalized spacial score (nSPS) is 10.9. The molecular weight excluding hydrogens is 627 g/mol. The van der Waals surface area contributed by atoms with Crippen LogP contribution in [-0.2, 0) is 6.61 Å². The third kappa shape index (κ3) is 6.70. The third-order valence-electron chi connectivity index (χ3n) is 6.21. The molecule has 0 fully saturated rings. The Morgan fingerprint density at radius 3 is 2.51 bits per heavy atom. The standard InChI is InChI=1S/C33H25IN4O3/c1-2-40-31-17-24(16-28(34)32(31)41-21-23-14-12-22(19-35)13-15-23)20-36-38-33(39)27-18-30(25-8-4-3-5-9-25)37-29-11-7-6-10-26(27)29/h3-18,20H,2,21H2,1H3,(H,38,39)/b36-20-. The van der Waals surface area contributed by atoms with Crippen LogP contribution in [0.3, 0.4) is 0 Å². The van der Waals surface area contributed by atoms with Gasteiger partial charge in [0, 0.05) is 10.9 Å². The number of rotatable bonds is 9. The van der Waals surface area contributed by atoms with Crippen LogP contribution < -0.4 is 14.9 Å². The summed E-state index contributed by atoms with van der Waals surface area (Å²) in [6.45, 7) is 2.69. The van der Waals surface area contributed by atoms with Crippen LogP contribution in [0.25, 0.3) is 22.2 Å². The highest BCUT2D eigenvalue weighted by Crippen LogP contribution is 2.34. The number of nitriles is 1. The number of carbonyl (C=O) groups excluding carboxylic acids is 1. The van der Waals surface area contributed by atoms with Crippen LogP contribution in [0, 0.1) is 14.9 Å². The van der Waals surface area contributed by atoms with Gasteiger partial charge in [0.2, 0.25) is 0 Å². The summed E-state index contributed by atoms with van der Waals surface area (Å²) in [7, 11) is 0. The maximum absolute atomic E-state index is 13.3. The van der Waals surface area contributed by atoms with Crippen LogP contribution >= 0.6 is 22.6 Å². The second-order valence-electron chi connectivity index (χ2n) is 9.00. The Balaban J connectivity index is 1.35. The number of carbonyl (C=O) groups is 1. The van der Waals surface area contributed by atoms with Crippen molar-refractivity contribution in [2.45, 2.75) is 13.5 Å². The molecule has 8 heteroatoms. The van der Waals surface area contributed by atoms with Crippen molar-refractivity contribution in [2.24, 2.45) is 5.10 Å². The van der Waals surface area contributed by atoms with Crippen LogP contribution in [0.5, 0.6) is 11.5 Å². The van der Waals surface area contributed by atoms with Gasteiger partial charge in [-0.3, -0.25) is 4.79 Å². The molecule has 1 heterocycles. The smallest absolute Gasteiger partial charge is 0.272 e. The molecule has 1 N–H and O–H groups in total. The Morgan fingerprint density at radius 1 is 1.00 bits per heavy atom. The van der Waals surface area contributed by atoms with E-state index >= 15 is 0 Å². The first-order valence-electron chi connectivity index (χ1n) is 12.9. The maximum Gasteiger partial charge on any atom is 0.272 e. The molecule has 1 aromatic heterocycles. The number of aromatic nitrogens is 1. The Labute approximate surface area is 251 Å². The van der Waals surface area contributed by atoms with Gasteiger partial charge >= 0.3 is 0 Å². The minimum absolute atomic E-state index is 0.330. The van der Waals surface area contributed by atoms with Gasteiger partial charge in [-0.15, -0.1) is 0 Å². The molecular formula is C33H25IN4O3. The number of para-hydroxylation sites is 1. The van der Waals surface area contributed by atoms with E-state index in [0.717, 1.165) is 31.2 Å². The Morgan fingerprint density at radius 2 is 1.76 bits per heavy atom. The molecule has 0 spiro atoms. The lowest BCUT2D eigenvalue weighted by molar-refractivity contribution is 0.0956. The quantitative estimate of drug-likeness (QED) is 0.104. The molecule has 41 heavy (non-hydrogen) atoms. The number of amides is 1. The molecule has 0 aliphatic heterocycles. The van der Waals surface area contributed by atoms with E-state index in [2.05, 4.69) is 39.2 Å². The third-order valence-corrected chi connectivity index (χ3v) is 7.01. The number of hydrazone groups is 1. The first-order valence-corrected chi connectivity index (χ1v) is 14.0. The van der Waals surface area contributed by atoms with Crippen molar-refractivity contribution in [1.29, 1.82) is 5.26 Å². The fourth-order valence-electron chi connectivity index (χ4n) is 4.24. The molecule has 0 atom stereocenters. The van der Waals surface area contributed by atoms with Crippen molar-refractivity contribution in [3.8, 4) is 28.8 Å². The molecule has 7 nitrogen and oxygen atoms in total. The van der Waals surface area contributed by atoms with Crippen molar-refractivity contribution in [3.05, 3.63) is 123 Å². The highest BCUT2D eigenvalue weighted by atomic mass is 127. The van der Waals surface area contributed by atoms with E-state index in [1.807, 2.05) is 85.8 Å². The van der Waals surface area contributed by atoms with Crippen molar-refractivity contribution >= 4 is 45.6 Å². The van der Waals surface area contributed by atoms with E-state index < -0.39 is 0 Å². The SMILES string of the molecule is CCOc1cc(/C=N\NC(=O)c2cc(-c3ccccc3)nc3ccccc23)cc(I)c1OCc1ccc(C#N)cc1. The van der Waals surface area contributed by atoms with Gasteiger partial charge in [-0.1, -0.05) is 60.7 Å². The summed E-state index contributed by atoms with van der Waals surface area (Å²) in [4.78, 5) is 18.0. The monoisotopic (exact) mass is 652 g/mol. The van der Waals surface area contributed by atoms with Crippen molar-refractivity contribution < 1.29 is 14.3 Å². The first kappa shape index (κ1) is 27.8. The highest BCUT2D eigenvalue weighted by molar-refractivity contribution is 14.1. The second-order valence-corrected chi connectivity index (χ2v) is 10.2. The van der Waals surface area contributed by atoms with Crippen LogP contribution in [-0.4, -0.2) is 23.7 Å². The van der Waals surface area contributed by atoms with Crippen LogP contribution in [0.2, 0.25) is 0 Å². The summed E-state index contributed by atoms with van der Waals surface area (Å²) in [5.74, 6) is 0.863. The van der Waals surface area contributed by atoms with Crippen molar-refractivity contribution in [3.63, 3.8) is 0 Å². The molecule has 0 aliphatic carbocycles. The number of nitrogens with one attached hydrogen (secondary N) is 1. The molecule has 4 aromatic carbocycles. The predicted octanol–water partition coefficient (Wildman–Crippen LogP) is 7.12. The summed E-state index contributed by atoms with van der Waals surface area (Å²) >= 11 is 2.19. The number of benzene rings is 4. The summed E-state index contributed by atoms with van der Waals surface area (Å²) < 4.78 is 12.8. The lowest BCUT2D eigenvalue weighted by atomic mass is 10.0. The van der Waals surface area contributed by atoms with E-state index in [1.165, 1.54) is 0 Å². The fraction of sp³-hybridized carbons (Fsp3) is 0.0909. The van der Waals surface area contributed by atoms with Crippen LogP contribution in [0.15, 0.2) is 102 Å². The van der Waals surface area contributed by atoms with Crippen molar-refractivity contribution in [1.82, 2.24) is 10.4 Å².